The van der Waals surface area contributed by atoms with E-state index in [2.05, 4.69) is 4.72 Å². The number of benzene rings is 1. The summed E-state index contributed by atoms with van der Waals surface area (Å²) in [6.07, 6.45) is 0.691. The molecule has 1 N–H and O–H groups in total. The number of fused-ring (bicyclic) bond motifs is 1. The number of sulfonamides is 1. The predicted molar refractivity (Wildman–Crippen MR) is 86.5 cm³/mol. The Balaban J connectivity index is 2.11. The molecular formula is C15H23N3O3S. The summed E-state index contributed by atoms with van der Waals surface area (Å²) in [5.41, 5.74) is 1.72. The second-order valence-corrected chi connectivity index (χ2v) is 7.27. The zero-order chi connectivity index (χ0) is 16.3. The van der Waals surface area contributed by atoms with Gasteiger partial charge in [0.15, 0.2) is 0 Å². The molecule has 0 saturated heterocycles. The molecule has 0 aliphatic carbocycles. The number of carbonyl (C=O) groups is 1. The number of hydrogen-bond acceptors (Lipinski definition) is 4. The van der Waals surface area contributed by atoms with Gasteiger partial charge in [-0.2, -0.15) is 0 Å². The van der Waals surface area contributed by atoms with Crippen LogP contribution in [0.15, 0.2) is 23.1 Å². The molecule has 0 unspecified atom stereocenters. The topological polar surface area (TPSA) is 69.7 Å². The van der Waals surface area contributed by atoms with E-state index in [0.717, 1.165) is 17.8 Å². The molecule has 0 saturated carbocycles. The molecule has 1 aliphatic heterocycles. The fourth-order valence-electron chi connectivity index (χ4n) is 2.48. The number of anilines is 1. The molecule has 0 fully saturated rings. The van der Waals surface area contributed by atoms with Crippen molar-refractivity contribution < 1.29 is 13.2 Å². The molecule has 7 heteroatoms. The third-order valence-corrected chi connectivity index (χ3v) is 5.42. The first-order valence-electron chi connectivity index (χ1n) is 7.44. The van der Waals surface area contributed by atoms with Crippen LogP contribution >= 0.6 is 0 Å². The van der Waals surface area contributed by atoms with Gasteiger partial charge in [0.2, 0.25) is 15.9 Å². The number of likely N-dealkylation sites (N-methyl/N-ethyl adjacent to an activating group) is 1. The molecule has 1 aromatic rings. The van der Waals surface area contributed by atoms with E-state index in [1.807, 2.05) is 18.9 Å². The molecule has 1 aromatic carbocycles. The summed E-state index contributed by atoms with van der Waals surface area (Å²) >= 11 is 0. The number of nitrogens with zero attached hydrogens (tertiary/aromatic N) is 2. The Labute approximate surface area is 132 Å². The lowest BCUT2D eigenvalue weighted by molar-refractivity contribution is -0.116. The van der Waals surface area contributed by atoms with Gasteiger partial charge in [-0.15, -0.1) is 0 Å². The quantitative estimate of drug-likeness (QED) is 0.841. The molecule has 2 rings (SSSR count). The minimum absolute atomic E-state index is 0.0184. The summed E-state index contributed by atoms with van der Waals surface area (Å²) in [5, 5.41) is 0. The monoisotopic (exact) mass is 325 g/mol. The van der Waals surface area contributed by atoms with Crippen molar-refractivity contribution in [3.63, 3.8) is 0 Å². The third-order valence-electron chi connectivity index (χ3n) is 3.96. The zero-order valence-corrected chi connectivity index (χ0v) is 14.1. The lowest BCUT2D eigenvalue weighted by Gasteiger charge is -2.16. The van der Waals surface area contributed by atoms with Crippen LogP contribution < -0.4 is 9.62 Å². The van der Waals surface area contributed by atoms with Gasteiger partial charge in [0.1, 0.15) is 0 Å². The van der Waals surface area contributed by atoms with Crippen molar-refractivity contribution in [2.75, 3.05) is 38.1 Å². The first kappa shape index (κ1) is 16.9. The number of nitrogens with one attached hydrogen (secondary N) is 1. The minimum atomic E-state index is -3.50. The Morgan fingerprint density at radius 2 is 2.14 bits per heavy atom. The maximum atomic E-state index is 12.3. The fourth-order valence-corrected chi connectivity index (χ4v) is 3.56. The van der Waals surface area contributed by atoms with Gasteiger partial charge in [-0.1, -0.05) is 6.92 Å². The van der Waals surface area contributed by atoms with E-state index in [0.29, 0.717) is 26.1 Å². The molecule has 0 atom stereocenters. The highest BCUT2D eigenvalue weighted by molar-refractivity contribution is 7.89. The Hall–Kier alpha value is -1.44. The second-order valence-electron chi connectivity index (χ2n) is 5.50. The van der Waals surface area contributed by atoms with Gasteiger partial charge in [-0.05, 0) is 43.8 Å². The molecule has 0 bridgehead atoms. The van der Waals surface area contributed by atoms with Gasteiger partial charge in [0, 0.05) is 32.2 Å². The molecule has 1 amide bonds. The van der Waals surface area contributed by atoms with Crippen molar-refractivity contribution in [1.29, 1.82) is 0 Å². The van der Waals surface area contributed by atoms with E-state index in [1.54, 1.807) is 23.1 Å². The number of rotatable bonds is 6. The van der Waals surface area contributed by atoms with Gasteiger partial charge in [-0.3, -0.25) is 4.79 Å². The highest BCUT2D eigenvalue weighted by Crippen LogP contribution is 2.30. The summed E-state index contributed by atoms with van der Waals surface area (Å²) in [4.78, 5) is 15.5. The summed E-state index contributed by atoms with van der Waals surface area (Å²) in [5.74, 6) is -0.0184. The Bertz CT molecular complexity index is 658. The van der Waals surface area contributed by atoms with Gasteiger partial charge >= 0.3 is 0 Å². The molecule has 1 aliphatic rings. The molecule has 122 valence electrons. The van der Waals surface area contributed by atoms with Crippen molar-refractivity contribution in [1.82, 2.24) is 9.62 Å². The van der Waals surface area contributed by atoms with Crippen LogP contribution in [0.1, 0.15) is 19.4 Å². The van der Waals surface area contributed by atoms with E-state index < -0.39 is 10.0 Å². The van der Waals surface area contributed by atoms with Crippen LogP contribution in [0.4, 0.5) is 5.69 Å². The lowest BCUT2D eigenvalue weighted by Crippen LogP contribution is -2.33. The molecule has 0 aromatic heterocycles. The second kappa shape index (κ2) is 6.76. The van der Waals surface area contributed by atoms with Gasteiger partial charge in [-0.25, -0.2) is 13.1 Å². The van der Waals surface area contributed by atoms with Gasteiger partial charge < -0.3 is 9.80 Å². The van der Waals surface area contributed by atoms with Crippen molar-refractivity contribution in [3.05, 3.63) is 23.8 Å². The predicted octanol–water partition coefficient (Wildman–Crippen LogP) is 0.826. The number of hydrogen-bond donors (Lipinski definition) is 1. The van der Waals surface area contributed by atoms with Crippen molar-refractivity contribution in [3.8, 4) is 0 Å². The SMILES string of the molecule is CCN(C)CCNS(=O)(=O)c1ccc2c(c1)CCN2C(C)=O. The number of carbonyl (C=O) groups excluding carboxylic acids is 1. The van der Waals surface area contributed by atoms with Crippen LogP contribution in [0.25, 0.3) is 0 Å². The Morgan fingerprint density at radius 3 is 2.77 bits per heavy atom. The molecule has 6 nitrogen and oxygen atoms in total. The molecule has 1 heterocycles. The first-order valence-corrected chi connectivity index (χ1v) is 8.92. The highest BCUT2D eigenvalue weighted by atomic mass is 32.2. The summed E-state index contributed by atoms with van der Waals surface area (Å²) in [7, 11) is -1.56. The maximum Gasteiger partial charge on any atom is 0.240 e. The zero-order valence-electron chi connectivity index (χ0n) is 13.3. The number of amides is 1. The van der Waals surface area contributed by atoms with E-state index in [-0.39, 0.29) is 10.8 Å². The average Bonchev–Trinajstić information content (AvgIpc) is 2.89. The van der Waals surface area contributed by atoms with Crippen molar-refractivity contribution in [2.24, 2.45) is 0 Å². The van der Waals surface area contributed by atoms with Crippen LogP contribution in [0.5, 0.6) is 0 Å². The Morgan fingerprint density at radius 1 is 1.41 bits per heavy atom. The van der Waals surface area contributed by atoms with Crippen LogP contribution in [-0.2, 0) is 21.2 Å². The van der Waals surface area contributed by atoms with E-state index in [1.165, 1.54) is 6.92 Å². The molecule has 0 radical (unpaired) electrons. The summed E-state index contributed by atoms with van der Waals surface area (Å²) in [6, 6.07) is 4.95. The normalized spacial score (nSPS) is 14.5. The van der Waals surface area contributed by atoms with E-state index in [9.17, 15) is 13.2 Å². The molecular weight excluding hydrogens is 302 g/mol. The summed E-state index contributed by atoms with van der Waals surface area (Å²) in [6.45, 7) is 6.08. The highest BCUT2D eigenvalue weighted by Gasteiger charge is 2.24. The van der Waals surface area contributed by atoms with E-state index in [4.69, 9.17) is 0 Å². The Kier molecular flexibility index (Phi) is 5.20. The standard InChI is InChI=1S/C15H23N3O3S/c1-4-17(3)10-8-16-22(20,21)14-5-6-15-13(11-14)7-9-18(15)12(2)19/h5-6,11,16H,4,7-10H2,1-3H3. The fraction of sp³-hybridized carbons (Fsp3) is 0.533. The minimum Gasteiger partial charge on any atom is -0.312 e. The lowest BCUT2D eigenvalue weighted by atomic mass is 10.2. The van der Waals surface area contributed by atoms with Gasteiger partial charge in [0.05, 0.1) is 4.90 Å². The van der Waals surface area contributed by atoms with E-state index >= 15 is 0 Å². The van der Waals surface area contributed by atoms with Crippen LogP contribution in [-0.4, -0.2) is 52.5 Å². The van der Waals surface area contributed by atoms with Crippen LogP contribution in [0, 0.1) is 0 Å². The van der Waals surface area contributed by atoms with Gasteiger partial charge in [0.25, 0.3) is 0 Å². The van der Waals surface area contributed by atoms with Crippen LogP contribution in [0.3, 0.4) is 0 Å². The molecule has 22 heavy (non-hydrogen) atoms. The largest absolute Gasteiger partial charge is 0.312 e. The smallest absolute Gasteiger partial charge is 0.240 e. The van der Waals surface area contributed by atoms with Crippen molar-refractivity contribution in [2.45, 2.75) is 25.2 Å². The van der Waals surface area contributed by atoms with Crippen LogP contribution in [0.2, 0.25) is 0 Å². The maximum absolute atomic E-state index is 12.3. The third kappa shape index (κ3) is 3.66. The first-order chi connectivity index (χ1) is 10.3. The van der Waals surface area contributed by atoms with Crippen molar-refractivity contribution >= 4 is 21.6 Å². The average molecular weight is 325 g/mol. The summed E-state index contributed by atoms with van der Waals surface area (Å²) < 4.78 is 27.2. The molecule has 0 spiro atoms.